The maximum atomic E-state index is 13.4. The summed E-state index contributed by atoms with van der Waals surface area (Å²) in [6.07, 6.45) is 2.69. The summed E-state index contributed by atoms with van der Waals surface area (Å²) in [5.41, 5.74) is 1.62. The number of carbonyl (C=O) groups excluding carboxylic acids is 2. The molecule has 1 N–H and O–H groups in total. The predicted molar refractivity (Wildman–Crippen MR) is 156 cm³/mol. The lowest BCUT2D eigenvalue weighted by molar-refractivity contribution is -0.113. The number of fused-ring (bicyclic) bond motifs is 1. The van der Waals surface area contributed by atoms with Crippen LogP contribution in [0.1, 0.15) is 36.5 Å². The summed E-state index contributed by atoms with van der Waals surface area (Å²) in [6.45, 7) is 2.46. The van der Waals surface area contributed by atoms with E-state index in [2.05, 4.69) is 10.3 Å². The quantitative estimate of drug-likeness (QED) is 0.186. The van der Waals surface area contributed by atoms with Crippen LogP contribution < -0.4 is 10.9 Å². The molecule has 1 aromatic heterocycles. The number of rotatable bonds is 8. The van der Waals surface area contributed by atoms with Gasteiger partial charge in [-0.3, -0.25) is 19.0 Å². The van der Waals surface area contributed by atoms with Gasteiger partial charge < -0.3 is 5.32 Å². The number of nitrogens with one attached hydrogen (secondary N) is 1. The number of carbonyl (C=O) groups is 2. The average Bonchev–Trinajstić information content (AvgIpc) is 2.97. The zero-order valence-electron chi connectivity index (χ0n) is 21.9. The first-order valence-corrected chi connectivity index (χ1v) is 15.3. The Bertz CT molecular complexity index is 1740. The van der Waals surface area contributed by atoms with Crippen LogP contribution >= 0.6 is 11.8 Å². The molecule has 1 aliphatic heterocycles. The number of para-hydroxylation sites is 1. The Morgan fingerprint density at radius 1 is 0.950 bits per heavy atom. The lowest BCUT2D eigenvalue weighted by Crippen LogP contribution is -2.35. The minimum Gasteiger partial charge on any atom is -0.325 e. The summed E-state index contributed by atoms with van der Waals surface area (Å²) in [6, 6.07) is 19.8. The molecule has 1 amide bonds. The molecule has 4 aromatic rings. The van der Waals surface area contributed by atoms with Gasteiger partial charge in [0.05, 0.1) is 27.2 Å². The van der Waals surface area contributed by atoms with E-state index < -0.39 is 10.0 Å². The van der Waals surface area contributed by atoms with Gasteiger partial charge in [0.1, 0.15) is 0 Å². The van der Waals surface area contributed by atoms with Gasteiger partial charge in [-0.25, -0.2) is 13.4 Å². The zero-order valence-corrected chi connectivity index (χ0v) is 23.5. The molecule has 1 aliphatic rings. The lowest BCUT2D eigenvalue weighted by atomic mass is 10.1. The largest absolute Gasteiger partial charge is 0.325 e. The number of nitrogens with zero attached hydrogens (tertiary/aromatic N) is 3. The molecule has 0 unspecified atom stereocenters. The Morgan fingerprint density at radius 2 is 1.68 bits per heavy atom. The van der Waals surface area contributed by atoms with Crippen molar-refractivity contribution >= 4 is 50.1 Å². The van der Waals surface area contributed by atoms with Crippen molar-refractivity contribution in [2.45, 2.75) is 36.2 Å². The summed E-state index contributed by atoms with van der Waals surface area (Å²) in [5, 5.41) is 3.51. The zero-order chi connectivity index (χ0) is 28.3. The third-order valence-corrected chi connectivity index (χ3v) is 9.51. The Kier molecular flexibility index (Phi) is 8.15. The highest BCUT2D eigenvalue weighted by molar-refractivity contribution is 7.99. The van der Waals surface area contributed by atoms with Crippen LogP contribution in [0.25, 0.3) is 16.6 Å². The third kappa shape index (κ3) is 5.86. The molecular formula is C29H28N4O5S2. The van der Waals surface area contributed by atoms with Crippen molar-refractivity contribution in [2.75, 3.05) is 24.2 Å². The molecule has 0 radical (unpaired) electrons. The highest BCUT2D eigenvalue weighted by Crippen LogP contribution is 2.25. The van der Waals surface area contributed by atoms with E-state index in [1.54, 1.807) is 60.7 Å². The van der Waals surface area contributed by atoms with Crippen molar-refractivity contribution in [3.8, 4) is 5.69 Å². The van der Waals surface area contributed by atoms with Crippen molar-refractivity contribution in [1.29, 1.82) is 0 Å². The van der Waals surface area contributed by atoms with E-state index >= 15 is 0 Å². The summed E-state index contributed by atoms with van der Waals surface area (Å²) in [5.74, 6) is -0.535. The van der Waals surface area contributed by atoms with Gasteiger partial charge >= 0.3 is 0 Å². The number of sulfonamides is 1. The topological polar surface area (TPSA) is 118 Å². The van der Waals surface area contributed by atoms with E-state index in [-0.39, 0.29) is 27.9 Å². The van der Waals surface area contributed by atoms with Crippen LogP contribution in [0, 0.1) is 0 Å². The van der Waals surface area contributed by atoms with Gasteiger partial charge in [0, 0.05) is 24.3 Å². The van der Waals surface area contributed by atoms with Gasteiger partial charge in [0.2, 0.25) is 15.9 Å². The molecule has 206 valence electrons. The number of piperidine rings is 1. The molecule has 5 rings (SSSR count). The van der Waals surface area contributed by atoms with E-state index in [4.69, 9.17) is 0 Å². The molecule has 3 aromatic carbocycles. The van der Waals surface area contributed by atoms with Crippen molar-refractivity contribution in [1.82, 2.24) is 13.9 Å². The molecule has 2 heterocycles. The first-order valence-electron chi connectivity index (χ1n) is 12.9. The number of amides is 1. The standard InChI is InChI=1S/C29H28N4O5S2/c1-20(34)21-12-14-23(15-13-21)33-28(36)25-10-3-4-11-26(25)31-29(33)39-19-27(35)30-22-8-7-9-24(18-22)40(37,38)32-16-5-2-6-17-32/h3-4,7-15,18H,2,5-6,16-17,19H2,1H3,(H,30,35). The molecule has 1 saturated heterocycles. The van der Waals surface area contributed by atoms with E-state index in [1.807, 2.05) is 0 Å². The average molecular weight is 577 g/mol. The smallest absolute Gasteiger partial charge is 0.266 e. The molecule has 40 heavy (non-hydrogen) atoms. The van der Waals surface area contributed by atoms with Crippen LogP contribution in [0.5, 0.6) is 0 Å². The van der Waals surface area contributed by atoms with Gasteiger partial charge in [-0.1, -0.05) is 36.4 Å². The van der Waals surface area contributed by atoms with Crippen LogP contribution in [-0.2, 0) is 14.8 Å². The summed E-state index contributed by atoms with van der Waals surface area (Å²) in [7, 11) is -3.64. The second kappa shape index (κ2) is 11.7. The number of hydrogen-bond donors (Lipinski definition) is 1. The van der Waals surface area contributed by atoms with Gasteiger partial charge in [-0.05, 0) is 74.4 Å². The van der Waals surface area contributed by atoms with Crippen molar-refractivity contribution in [3.63, 3.8) is 0 Å². The van der Waals surface area contributed by atoms with Crippen molar-refractivity contribution in [2.24, 2.45) is 0 Å². The number of aromatic nitrogens is 2. The minimum atomic E-state index is -3.64. The summed E-state index contributed by atoms with van der Waals surface area (Å²) >= 11 is 1.09. The fourth-order valence-corrected chi connectivity index (χ4v) is 6.97. The molecule has 0 aliphatic carbocycles. The van der Waals surface area contributed by atoms with Gasteiger partial charge in [0.25, 0.3) is 5.56 Å². The Balaban J connectivity index is 1.38. The normalized spacial score (nSPS) is 14.2. The van der Waals surface area contributed by atoms with E-state index in [1.165, 1.54) is 27.9 Å². The van der Waals surface area contributed by atoms with Gasteiger partial charge in [-0.15, -0.1) is 0 Å². The SMILES string of the molecule is CC(=O)c1ccc(-n2c(SCC(=O)Nc3cccc(S(=O)(=O)N4CCCCC4)c3)nc3ccccc3c2=O)cc1. The molecule has 0 atom stereocenters. The number of hydrogen-bond acceptors (Lipinski definition) is 7. The molecule has 0 saturated carbocycles. The monoisotopic (exact) mass is 576 g/mol. The minimum absolute atomic E-state index is 0.0700. The molecule has 9 nitrogen and oxygen atoms in total. The Labute approximate surface area is 236 Å². The maximum Gasteiger partial charge on any atom is 0.266 e. The van der Waals surface area contributed by atoms with Crippen LogP contribution in [0.3, 0.4) is 0 Å². The molecule has 0 spiro atoms. The molecule has 11 heteroatoms. The lowest BCUT2D eigenvalue weighted by Gasteiger charge is -2.26. The van der Waals surface area contributed by atoms with Crippen LogP contribution in [0.2, 0.25) is 0 Å². The predicted octanol–water partition coefficient (Wildman–Crippen LogP) is 4.49. The van der Waals surface area contributed by atoms with Crippen LogP contribution in [0.4, 0.5) is 5.69 Å². The highest BCUT2D eigenvalue weighted by atomic mass is 32.2. The summed E-state index contributed by atoms with van der Waals surface area (Å²) < 4.78 is 29.0. The number of Topliss-reactive ketones (excluding diaryl/α,β-unsaturated/α-hetero) is 1. The Morgan fingerprint density at radius 3 is 2.40 bits per heavy atom. The highest BCUT2D eigenvalue weighted by Gasteiger charge is 2.26. The van der Waals surface area contributed by atoms with Crippen LogP contribution in [0.15, 0.2) is 87.6 Å². The van der Waals surface area contributed by atoms with Gasteiger partial charge in [-0.2, -0.15) is 4.31 Å². The fraction of sp³-hybridized carbons (Fsp3) is 0.241. The number of ketones is 1. The van der Waals surface area contributed by atoms with Crippen molar-refractivity contribution < 1.29 is 18.0 Å². The fourth-order valence-electron chi connectivity index (χ4n) is 4.60. The van der Waals surface area contributed by atoms with E-state index in [0.717, 1.165) is 31.0 Å². The molecule has 1 fully saturated rings. The first-order chi connectivity index (χ1) is 19.2. The van der Waals surface area contributed by atoms with E-state index in [9.17, 15) is 22.8 Å². The third-order valence-electron chi connectivity index (χ3n) is 6.68. The second-order valence-corrected chi connectivity index (χ2v) is 12.4. The first kappa shape index (κ1) is 27.8. The van der Waals surface area contributed by atoms with Crippen LogP contribution in [-0.4, -0.2) is 52.8 Å². The molecular weight excluding hydrogens is 548 g/mol. The second-order valence-electron chi connectivity index (χ2n) is 9.48. The number of thioether (sulfide) groups is 1. The molecule has 0 bridgehead atoms. The van der Waals surface area contributed by atoms with E-state index in [0.29, 0.717) is 46.1 Å². The Hall–Kier alpha value is -3.80. The van der Waals surface area contributed by atoms with Crippen molar-refractivity contribution in [3.05, 3.63) is 88.7 Å². The number of benzene rings is 3. The summed E-state index contributed by atoms with van der Waals surface area (Å²) in [4.78, 5) is 42.9. The van der Waals surface area contributed by atoms with Gasteiger partial charge in [0.15, 0.2) is 10.9 Å². The maximum absolute atomic E-state index is 13.4. The number of anilines is 1.